The molecular weight excluding hydrogens is 230 g/mol. The second-order valence-corrected chi connectivity index (χ2v) is 4.72. The maximum atomic E-state index is 11.7. The highest BCUT2D eigenvalue weighted by Gasteiger charge is 2.20. The number of rotatable bonds is 6. The third kappa shape index (κ3) is 3.58. The average Bonchev–Trinajstić information content (AvgIpc) is 3.13. The van der Waals surface area contributed by atoms with Gasteiger partial charge in [-0.1, -0.05) is 31.0 Å². The van der Waals surface area contributed by atoms with Gasteiger partial charge in [0, 0.05) is 6.54 Å². The number of carbonyl (C=O) groups excluding carboxylic acids is 1. The van der Waals surface area contributed by atoms with Crippen molar-refractivity contribution in [1.29, 1.82) is 0 Å². The van der Waals surface area contributed by atoms with Gasteiger partial charge in [0.1, 0.15) is 0 Å². The van der Waals surface area contributed by atoms with Gasteiger partial charge in [0.15, 0.2) is 0 Å². The first-order valence-electron chi connectivity index (χ1n) is 6.24. The van der Waals surface area contributed by atoms with Crippen LogP contribution in [0.2, 0.25) is 0 Å². The Hall–Kier alpha value is -1.84. The fourth-order valence-corrected chi connectivity index (χ4v) is 1.94. The predicted octanol–water partition coefficient (Wildman–Crippen LogP) is 1.84. The fraction of sp³-hybridized carbons (Fsp3) is 0.429. The number of amides is 1. The SMILES string of the molecule is O=C(Cc1ccccc1C(=O)O)NCCC1CC1. The molecule has 1 aromatic carbocycles. The summed E-state index contributed by atoms with van der Waals surface area (Å²) in [6, 6.07) is 6.62. The van der Waals surface area contributed by atoms with E-state index >= 15 is 0 Å². The largest absolute Gasteiger partial charge is 0.478 e. The molecule has 4 nitrogen and oxygen atoms in total. The van der Waals surface area contributed by atoms with Crippen molar-refractivity contribution in [2.45, 2.75) is 25.7 Å². The number of carboxylic acids is 1. The van der Waals surface area contributed by atoms with E-state index in [2.05, 4.69) is 5.32 Å². The zero-order valence-electron chi connectivity index (χ0n) is 10.2. The fourth-order valence-electron chi connectivity index (χ4n) is 1.94. The molecule has 1 aliphatic rings. The third-order valence-electron chi connectivity index (χ3n) is 3.17. The molecule has 2 N–H and O–H groups in total. The highest BCUT2D eigenvalue weighted by atomic mass is 16.4. The normalized spacial score (nSPS) is 14.2. The molecule has 4 heteroatoms. The lowest BCUT2D eigenvalue weighted by molar-refractivity contribution is -0.120. The molecule has 0 radical (unpaired) electrons. The van der Waals surface area contributed by atoms with Gasteiger partial charge in [-0.2, -0.15) is 0 Å². The minimum atomic E-state index is -0.989. The third-order valence-corrected chi connectivity index (χ3v) is 3.17. The van der Waals surface area contributed by atoms with Crippen LogP contribution >= 0.6 is 0 Å². The van der Waals surface area contributed by atoms with Crippen molar-refractivity contribution in [2.75, 3.05) is 6.54 Å². The average molecular weight is 247 g/mol. The predicted molar refractivity (Wildman–Crippen MR) is 67.5 cm³/mol. The van der Waals surface area contributed by atoms with E-state index in [1.807, 2.05) is 0 Å². The first kappa shape index (κ1) is 12.6. The molecule has 1 saturated carbocycles. The van der Waals surface area contributed by atoms with Crippen molar-refractivity contribution < 1.29 is 14.7 Å². The summed E-state index contributed by atoms with van der Waals surface area (Å²) in [6.45, 7) is 0.693. The van der Waals surface area contributed by atoms with Gasteiger partial charge in [0.05, 0.1) is 12.0 Å². The summed E-state index contributed by atoms with van der Waals surface area (Å²) in [7, 11) is 0. The quantitative estimate of drug-likeness (QED) is 0.806. The first-order valence-corrected chi connectivity index (χ1v) is 6.24. The van der Waals surface area contributed by atoms with Gasteiger partial charge in [-0.15, -0.1) is 0 Å². The van der Waals surface area contributed by atoms with E-state index < -0.39 is 5.97 Å². The number of aromatic carboxylic acids is 1. The Morgan fingerprint density at radius 1 is 1.28 bits per heavy atom. The van der Waals surface area contributed by atoms with Crippen molar-refractivity contribution in [3.63, 3.8) is 0 Å². The summed E-state index contributed by atoms with van der Waals surface area (Å²) in [6.07, 6.45) is 3.72. The van der Waals surface area contributed by atoms with Crippen LogP contribution in [-0.4, -0.2) is 23.5 Å². The Bertz CT molecular complexity index is 452. The topological polar surface area (TPSA) is 66.4 Å². The Labute approximate surface area is 106 Å². The molecule has 0 aliphatic heterocycles. The highest BCUT2D eigenvalue weighted by Crippen LogP contribution is 2.31. The number of nitrogens with one attached hydrogen (secondary N) is 1. The molecule has 2 rings (SSSR count). The van der Waals surface area contributed by atoms with Crippen LogP contribution in [0.4, 0.5) is 0 Å². The van der Waals surface area contributed by atoms with E-state index in [1.165, 1.54) is 18.9 Å². The first-order chi connectivity index (χ1) is 8.66. The van der Waals surface area contributed by atoms with Gasteiger partial charge in [-0.05, 0) is 24.0 Å². The Morgan fingerprint density at radius 3 is 2.67 bits per heavy atom. The molecule has 0 unspecified atom stereocenters. The summed E-state index contributed by atoms with van der Waals surface area (Å²) in [5.74, 6) is -0.308. The van der Waals surface area contributed by atoms with Crippen molar-refractivity contribution in [1.82, 2.24) is 5.32 Å². The van der Waals surface area contributed by atoms with Crippen LogP contribution in [0, 0.1) is 5.92 Å². The van der Waals surface area contributed by atoms with Gasteiger partial charge < -0.3 is 10.4 Å². The molecule has 0 spiro atoms. The van der Waals surface area contributed by atoms with E-state index in [-0.39, 0.29) is 17.9 Å². The van der Waals surface area contributed by atoms with Crippen LogP contribution in [0.1, 0.15) is 35.2 Å². The van der Waals surface area contributed by atoms with Gasteiger partial charge in [-0.25, -0.2) is 4.79 Å². The summed E-state index contributed by atoms with van der Waals surface area (Å²) in [4.78, 5) is 22.7. The molecular formula is C14H17NO3. The van der Waals surface area contributed by atoms with Crippen molar-refractivity contribution >= 4 is 11.9 Å². The van der Waals surface area contributed by atoms with Crippen molar-refractivity contribution in [3.05, 3.63) is 35.4 Å². The Kier molecular flexibility index (Phi) is 3.97. The van der Waals surface area contributed by atoms with E-state index in [1.54, 1.807) is 18.2 Å². The highest BCUT2D eigenvalue weighted by molar-refractivity contribution is 5.91. The number of benzene rings is 1. The van der Waals surface area contributed by atoms with Gasteiger partial charge in [0.25, 0.3) is 0 Å². The zero-order valence-corrected chi connectivity index (χ0v) is 10.2. The smallest absolute Gasteiger partial charge is 0.335 e. The molecule has 18 heavy (non-hydrogen) atoms. The monoisotopic (exact) mass is 247 g/mol. The lowest BCUT2D eigenvalue weighted by atomic mass is 10.0. The Balaban J connectivity index is 1.87. The minimum absolute atomic E-state index is 0.107. The second kappa shape index (κ2) is 5.67. The molecule has 0 atom stereocenters. The molecule has 1 aromatic rings. The molecule has 1 aliphatic carbocycles. The lowest BCUT2D eigenvalue weighted by Crippen LogP contribution is -2.27. The van der Waals surface area contributed by atoms with E-state index in [4.69, 9.17) is 5.11 Å². The minimum Gasteiger partial charge on any atom is -0.478 e. The van der Waals surface area contributed by atoms with Crippen LogP contribution in [0.5, 0.6) is 0 Å². The van der Waals surface area contributed by atoms with E-state index in [0.717, 1.165) is 12.3 Å². The van der Waals surface area contributed by atoms with Crippen LogP contribution in [0.15, 0.2) is 24.3 Å². The van der Waals surface area contributed by atoms with Crippen LogP contribution in [0.3, 0.4) is 0 Å². The molecule has 0 saturated heterocycles. The van der Waals surface area contributed by atoms with Gasteiger partial charge >= 0.3 is 5.97 Å². The molecule has 1 fully saturated rings. The van der Waals surface area contributed by atoms with E-state index in [0.29, 0.717) is 12.1 Å². The number of carboxylic acid groups (broad SMARTS) is 1. The summed E-state index contributed by atoms with van der Waals surface area (Å²) in [5.41, 5.74) is 0.767. The molecule has 0 bridgehead atoms. The van der Waals surface area contributed by atoms with Crippen LogP contribution in [-0.2, 0) is 11.2 Å². The Morgan fingerprint density at radius 2 is 2.00 bits per heavy atom. The molecule has 1 amide bonds. The maximum Gasteiger partial charge on any atom is 0.335 e. The standard InChI is InChI=1S/C14H17NO3/c16-13(15-8-7-10-5-6-10)9-11-3-1-2-4-12(11)14(17)18/h1-4,10H,5-9H2,(H,15,16)(H,17,18). The lowest BCUT2D eigenvalue weighted by Gasteiger charge is -2.07. The zero-order chi connectivity index (χ0) is 13.0. The van der Waals surface area contributed by atoms with E-state index in [9.17, 15) is 9.59 Å². The number of hydrogen-bond acceptors (Lipinski definition) is 2. The summed E-state index contributed by atoms with van der Waals surface area (Å²) in [5, 5.41) is 11.8. The van der Waals surface area contributed by atoms with Crippen molar-refractivity contribution in [3.8, 4) is 0 Å². The molecule has 0 heterocycles. The molecule has 0 aromatic heterocycles. The van der Waals surface area contributed by atoms with Gasteiger partial charge in [-0.3, -0.25) is 4.79 Å². The second-order valence-electron chi connectivity index (χ2n) is 4.72. The van der Waals surface area contributed by atoms with Crippen LogP contribution < -0.4 is 5.32 Å². The van der Waals surface area contributed by atoms with Gasteiger partial charge in [0.2, 0.25) is 5.91 Å². The van der Waals surface area contributed by atoms with Crippen LogP contribution in [0.25, 0.3) is 0 Å². The number of carbonyl (C=O) groups is 2. The number of hydrogen-bond donors (Lipinski definition) is 2. The summed E-state index contributed by atoms with van der Waals surface area (Å²) < 4.78 is 0. The summed E-state index contributed by atoms with van der Waals surface area (Å²) >= 11 is 0. The maximum absolute atomic E-state index is 11.7. The van der Waals surface area contributed by atoms with Crippen molar-refractivity contribution in [2.24, 2.45) is 5.92 Å². The molecule has 96 valence electrons.